The van der Waals surface area contributed by atoms with Crippen LogP contribution < -0.4 is 4.90 Å². The molecule has 3 aromatic rings. The van der Waals surface area contributed by atoms with Crippen LogP contribution in [0, 0.1) is 0 Å². The van der Waals surface area contributed by atoms with Gasteiger partial charge in [0.2, 0.25) is 0 Å². The van der Waals surface area contributed by atoms with E-state index in [-0.39, 0.29) is 0 Å². The van der Waals surface area contributed by atoms with Crippen LogP contribution in [-0.2, 0) is 9.53 Å². The molecule has 3 aromatic carbocycles. The molecule has 31 heavy (non-hydrogen) atoms. The molecule has 0 fully saturated rings. The van der Waals surface area contributed by atoms with Gasteiger partial charge in [-0.3, -0.25) is 4.79 Å². The lowest BCUT2D eigenvalue weighted by molar-refractivity contribution is -0.138. The molecular formula is C26H25NO4. The molecule has 0 aliphatic carbocycles. The topological polar surface area (TPSA) is 66.8 Å². The summed E-state index contributed by atoms with van der Waals surface area (Å²) in [4.78, 5) is 26.3. The summed E-state index contributed by atoms with van der Waals surface area (Å²) in [6.45, 7) is 3.61. The Morgan fingerprint density at radius 3 is 2.00 bits per heavy atom. The lowest BCUT2D eigenvalue weighted by Gasteiger charge is -2.23. The summed E-state index contributed by atoms with van der Waals surface area (Å²) in [5.74, 6) is -1.12. The van der Waals surface area contributed by atoms with Gasteiger partial charge in [0.1, 0.15) is 5.76 Å². The quantitative estimate of drug-likeness (QED) is 0.442. The van der Waals surface area contributed by atoms with Gasteiger partial charge in [-0.15, -0.1) is 0 Å². The fourth-order valence-corrected chi connectivity index (χ4v) is 3.40. The van der Waals surface area contributed by atoms with E-state index in [9.17, 15) is 14.7 Å². The third-order valence-electron chi connectivity index (χ3n) is 4.95. The minimum Gasteiger partial charge on any atom is -0.481 e. The van der Waals surface area contributed by atoms with Gasteiger partial charge in [-0.25, -0.2) is 9.69 Å². The molecule has 0 saturated carbocycles. The van der Waals surface area contributed by atoms with Crippen LogP contribution in [0.5, 0.6) is 0 Å². The minimum absolute atomic E-state index is 0.365. The predicted octanol–water partition coefficient (Wildman–Crippen LogP) is 6.60. The highest BCUT2D eigenvalue weighted by molar-refractivity contribution is 5.98. The molecule has 0 saturated heterocycles. The molecule has 1 unspecified atom stereocenters. The first-order chi connectivity index (χ1) is 15.0. The number of allylic oxidation sites excluding steroid dienone is 1. The molecule has 1 amide bonds. The molecule has 158 valence electrons. The maximum atomic E-state index is 13.2. The van der Waals surface area contributed by atoms with Crippen molar-refractivity contribution in [3.05, 3.63) is 102 Å². The summed E-state index contributed by atoms with van der Waals surface area (Å²) in [6, 6.07) is 25.7. The van der Waals surface area contributed by atoms with E-state index < -0.39 is 18.0 Å². The summed E-state index contributed by atoms with van der Waals surface area (Å²) in [7, 11) is 0. The Hall–Kier alpha value is -3.86. The van der Waals surface area contributed by atoms with E-state index >= 15 is 0 Å². The van der Waals surface area contributed by atoms with Crippen molar-refractivity contribution in [1.82, 2.24) is 0 Å². The number of nitrogens with zero attached hydrogens (tertiary/aromatic N) is 1. The Kier molecular flexibility index (Phi) is 7.22. The number of rotatable bonds is 7. The Bertz CT molecular complexity index is 1020. The molecule has 0 radical (unpaired) electrons. The fourth-order valence-electron chi connectivity index (χ4n) is 3.40. The van der Waals surface area contributed by atoms with Crippen LogP contribution in [0.25, 0.3) is 5.76 Å². The average Bonchev–Trinajstić information content (AvgIpc) is 2.79. The number of carboxylic acids is 1. The molecule has 0 aromatic heterocycles. The molecule has 0 heterocycles. The van der Waals surface area contributed by atoms with Crippen molar-refractivity contribution in [3.63, 3.8) is 0 Å². The first-order valence-corrected chi connectivity index (χ1v) is 10.2. The van der Waals surface area contributed by atoms with Crippen LogP contribution in [0.4, 0.5) is 16.2 Å². The first-order valence-electron chi connectivity index (χ1n) is 10.2. The number of benzene rings is 3. The van der Waals surface area contributed by atoms with E-state index in [1.807, 2.05) is 67.6 Å². The van der Waals surface area contributed by atoms with Gasteiger partial charge < -0.3 is 9.84 Å². The zero-order valence-corrected chi connectivity index (χ0v) is 17.6. The van der Waals surface area contributed by atoms with Crippen LogP contribution >= 0.6 is 0 Å². The van der Waals surface area contributed by atoms with Gasteiger partial charge in [0, 0.05) is 5.56 Å². The first kappa shape index (κ1) is 21.8. The van der Waals surface area contributed by atoms with E-state index in [1.54, 1.807) is 37.3 Å². The zero-order chi connectivity index (χ0) is 22.2. The SMILES string of the molecule is C/C=C(/OC(=O)N(c1ccccc1)c1ccccc1)c1cccc(C(CC)C(=O)O)c1. The standard InChI is InChI=1S/C26H25NO4/c1-3-23(25(28)29)19-12-11-13-20(18-19)24(4-2)31-26(30)27(21-14-7-5-8-15-21)22-16-9-6-10-17-22/h4-18,23H,3H2,1-2H3,(H,28,29)/b24-4+. The maximum absolute atomic E-state index is 13.2. The van der Waals surface area contributed by atoms with Gasteiger partial charge in [-0.2, -0.15) is 0 Å². The van der Waals surface area contributed by atoms with E-state index in [4.69, 9.17) is 4.74 Å². The average molecular weight is 415 g/mol. The number of aliphatic carboxylic acids is 1. The fraction of sp³-hybridized carbons (Fsp3) is 0.154. The van der Waals surface area contributed by atoms with Gasteiger partial charge in [0.25, 0.3) is 0 Å². The smallest absolute Gasteiger partial charge is 0.424 e. The second kappa shape index (κ2) is 10.3. The van der Waals surface area contributed by atoms with Crippen molar-refractivity contribution in [2.75, 3.05) is 4.90 Å². The molecule has 3 rings (SSSR count). The molecule has 5 nitrogen and oxygen atoms in total. The van der Waals surface area contributed by atoms with Crippen LogP contribution in [0.15, 0.2) is 91.0 Å². The second-order valence-electron chi connectivity index (χ2n) is 6.95. The Balaban J connectivity index is 1.92. The van der Waals surface area contributed by atoms with Crippen molar-refractivity contribution in [1.29, 1.82) is 0 Å². The Morgan fingerprint density at radius 1 is 0.935 bits per heavy atom. The van der Waals surface area contributed by atoms with E-state index in [2.05, 4.69) is 0 Å². The molecule has 1 N–H and O–H groups in total. The highest BCUT2D eigenvalue weighted by atomic mass is 16.6. The number of para-hydroxylation sites is 2. The normalized spacial score (nSPS) is 12.1. The number of anilines is 2. The summed E-state index contributed by atoms with van der Waals surface area (Å²) in [5.41, 5.74) is 2.68. The lowest BCUT2D eigenvalue weighted by Crippen LogP contribution is -2.26. The maximum Gasteiger partial charge on any atom is 0.424 e. The zero-order valence-electron chi connectivity index (χ0n) is 17.6. The van der Waals surface area contributed by atoms with Crippen LogP contribution in [0.2, 0.25) is 0 Å². The number of hydrogen-bond donors (Lipinski definition) is 1. The van der Waals surface area contributed by atoms with Crippen LogP contribution in [0.3, 0.4) is 0 Å². The molecule has 1 atom stereocenters. The molecular weight excluding hydrogens is 390 g/mol. The number of carboxylic acid groups (broad SMARTS) is 1. The van der Waals surface area contributed by atoms with Crippen molar-refractivity contribution in [2.45, 2.75) is 26.2 Å². The van der Waals surface area contributed by atoms with Crippen molar-refractivity contribution in [3.8, 4) is 0 Å². The van der Waals surface area contributed by atoms with E-state index in [0.717, 1.165) is 0 Å². The summed E-state index contributed by atoms with van der Waals surface area (Å²) < 4.78 is 5.79. The van der Waals surface area contributed by atoms with Crippen molar-refractivity contribution >= 4 is 29.2 Å². The Morgan fingerprint density at radius 2 is 1.52 bits per heavy atom. The molecule has 0 bridgehead atoms. The van der Waals surface area contributed by atoms with Gasteiger partial charge in [0.05, 0.1) is 17.3 Å². The van der Waals surface area contributed by atoms with Crippen molar-refractivity contribution < 1.29 is 19.4 Å². The Labute approximate surface area is 182 Å². The molecule has 0 aliphatic heterocycles. The minimum atomic E-state index is -0.877. The van der Waals surface area contributed by atoms with Crippen molar-refractivity contribution in [2.24, 2.45) is 0 Å². The van der Waals surface area contributed by atoms with Gasteiger partial charge in [-0.05, 0) is 55.3 Å². The third-order valence-corrected chi connectivity index (χ3v) is 4.95. The lowest BCUT2D eigenvalue weighted by atomic mass is 9.95. The summed E-state index contributed by atoms with van der Waals surface area (Å²) >= 11 is 0. The van der Waals surface area contributed by atoms with Gasteiger partial charge in [-0.1, -0.05) is 61.5 Å². The number of hydrogen-bond acceptors (Lipinski definition) is 3. The van der Waals surface area contributed by atoms with Gasteiger partial charge >= 0.3 is 12.1 Å². The number of carbonyl (C=O) groups is 2. The van der Waals surface area contributed by atoms with E-state index in [1.165, 1.54) is 4.90 Å². The van der Waals surface area contributed by atoms with Gasteiger partial charge in [0.15, 0.2) is 0 Å². The predicted molar refractivity (Wildman–Crippen MR) is 122 cm³/mol. The monoisotopic (exact) mass is 415 g/mol. The van der Waals surface area contributed by atoms with Crippen LogP contribution in [-0.4, -0.2) is 17.2 Å². The second-order valence-corrected chi connectivity index (χ2v) is 6.95. The van der Waals surface area contributed by atoms with Crippen LogP contribution in [0.1, 0.15) is 37.3 Å². The third kappa shape index (κ3) is 5.20. The number of carbonyl (C=O) groups excluding carboxylic acids is 1. The number of amides is 1. The summed E-state index contributed by atoms with van der Waals surface area (Å²) in [5, 5.41) is 9.48. The van der Waals surface area contributed by atoms with E-state index in [0.29, 0.717) is 34.7 Å². The number of ether oxygens (including phenoxy) is 1. The highest BCUT2D eigenvalue weighted by Crippen LogP contribution is 2.29. The molecule has 0 aliphatic rings. The summed E-state index contributed by atoms with van der Waals surface area (Å²) in [6.07, 6.45) is 1.62. The molecule has 0 spiro atoms. The largest absolute Gasteiger partial charge is 0.481 e. The molecule has 5 heteroatoms. The highest BCUT2D eigenvalue weighted by Gasteiger charge is 2.22.